The third-order valence-electron chi connectivity index (χ3n) is 3.30. The summed E-state index contributed by atoms with van der Waals surface area (Å²) >= 11 is 12.5. The average Bonchev–Trinajstić information content (AvgIpc) is 2.55. The highest BCUT2D eigenvalue weighted by Gasteiger charge is 2.14. The smallest absolute Gasteiger partial charge is 0.317 e. The van der Waals surface area contributed by atoms with Gasteiger partial charge >= 0.3 is 5.97 Å². The summed E-state index contributed by atoms with van der Waals surface area (Å²) in [6, 6.07) is 10.9. The van der Waals surface area contributed by atoms with Crippen LogP contribution in [0.15, 0.2) is 36.4 Å². The first-order chi connectivity index (χ1) is 12.0. The minimum absolute atomic E-state index is 0.133. The molecule has 0 spiro atoms. The molecule has 0 amide bonds. The molecule has 0 radical (unpaired) electrons. The summed E-state index contributed by atoms with van der Waals surface area (Å²) in [4.78, 5) is 10.6. The molecule has 25 heavy (non-hydrogen) atoms. The van der Waals surface area contributed by atoms with Crippen molar-refractivity contribution < 1.29 is 19.4 Å². The molecule has 2 aromatic rings. The average molecular weight is 384 g/mol. The van der Waals surface area contributed by atoms with E-state index in [-0.39, 0.29) is 13.2 Å². The van der Waals surface area contributed by atoms with Crippen LogP contribution in [0.2, 0.25) is 10.0 Å². The van der Waals surface area contributed by atoms with Crippen molar-refractivity contribution in [2.24, 2.45) is 0 Å². The van der Waals surface area contributed by atoms with Crippen LogP contribution in [-0.2, 0) is 17.9 Å². The highest BCUT2D eigenvalue weighted by molar-refractivity contribution is 6.32. The predicted octanol–water partition coefficient (Wildman–Crippen LogP) is 4.15. The molecule has 0 fully saturated rings. The van der Waals surface area contributed by atoms with Crippen LogP contribution in [0, 0.1) is 0 Å². The van der Waals surface area contributed by atoms with Gasteiger partial charge < -0.3 is 19.9 Å². The number of carboxylic acid groups (broad SMARTS) is 1. The van der Waals surface area contributed by atoms with Gasteiger partial charge in [-0.15, -0.1) is 0 Å². The molecule has 134 valence electrons. The third-order valence-corrected chi connectivity index (χ3v) is 3.95. The first kappa shape index (κ1) is 19.4. The molecule has 0 unspecified atom stereocenters. The van der Waals surface area contributed by atoms with Crippen molar-refractivity contribution in [1.82, 2.24) is 5.32 Å². The number of halogens is 2. The summed E-state index contributed by atoms with van der Waals surface area (Å²) in [5.41, 5.74) is 1.65. The van der Waals surface area contributed by atoms with Crippen molar-refractivity contribution in [2.75, 3.05) is 13.2 Å². The van der Waals surface area contributed by atoms with Crippen LogP contribution in [0.4, 0.5) is 0 Å². The summed E-state index contributed by atoms with van der Waals surface area (Å²) in [6.45, 7) is 2.80. The van der Waals surface area contributed by atoms with Gasteiger partial charge in [-0.1, -0.05) is 41.4 Å². The van der Waals surface area contributed by atoms with E-state index in [0.717, 1.165) is 11.1 Å². The molecule has 0 atom stereocenters. The zero-order valence-corrected chi connectivity index (χ0v) is 15.2. The molecule has 0 bridgehead atoms. The van der Waals surface area contributed by atoms with Gasteiger partial charge in [0.2, 0.25) is 0 Å². The van der Waals surface area contributed by atoms with E-state index in [4.69, 9.17) is 37.8 Å². The van der Waals surface area contributed by atoms with Crippen LogP contribution in [0.5, 0.6) is 11.5 Å². The molecule has 2 N–H and O–H groups in total. The van der Waals surface area contributed by atoms with Gasteiger partial charge in [-0.25, -0.2) is 0 Å². The number of hydrogen-bond donors (Lipinski definition) is 2. The van der Waals surface area contributed by atoms with Crippen molar-refractivity contribution >= 4 is 29.2 Å². The maximum atomic E-state index is 10.6. The Bertz CT molecular complexity index is 737. The number of carbonyl (C=O) groups is 1. The van der Waals surface area contributed by atoms with E-state index in [2.05, 4.69) is 5.32 Å². The Labute approximate surface area is 156 Å². The molecule has 0 aliphatic heterocycles. The summed E-state index contributed by atoms with van der Waals surface area (Å²) in [5, 5.41) is 12.5. The standard InChI is InChI=1S/C18H19Cl2NO4/c1-2-24-16-8-12(9-21-10-17(22)23)7-15(20)18(16)25-11-13-5-3-4-6-14(13)19/h3-8,21H,2,9-11H2,1H3,(H,22,23). The first-order valence-corrected chi connectivity index (χ1v) is 8.50. The van der Waals surface area contributed by atoms with E-state index < -0.39 is 5.97 Å². The van der Waals surface area contributed by atoms with Crippen LogP contribution >= 0.6 is 23.2 Å². The fraction of sp³-hybridized carbons (Fsp3) is 0.278. The maximum absolute atomic E-state index is 10.6. The molecular weight excluding hydrogens is 365 g/mol. The highest BCUT2D eigenvalue weighted by atomic mass is 35.5. The van der Waals surface area contributed by atoms with Crippen molar-refractivity contribution in [1.29, 1.82) is 0 Å². The minimum atomic E-state index is -0.921. The highest BCUT2D eigenvalue weighted by Crippen LogP contribution is 2.37. The maximum Gasteiger partial charge on any atom is 0.317 e. The fourth-order valence-corrected chi connectivity index (χ4v) is 2.68. The lowest BCUT2D eigenvalue weighted by atomic mass is 10.2. The molecule has 0 heterocycles. The molecule has 0 aliphatic carbocycles. The van der Waals surface area contributed by atoms with Gasteiger partial charge in [0.05, 0.1) is 18.2 Å². The van der Waals surface area contributed by atoms with E-state index in [1.54, 1.807) is 18.2 Å². The molecule has 5 nitrogen and oxygen atoms in total. The van der Waals surface area contributed by atoms with Crippen molar-refractivity contribution in [2.45, 2.75) is 20.1 Å². The van der Waals surface area contributed by atoms with Crippen molar-refractivity contribution in [3.8, 4) is 11.5 Å². The quantitative estimate of drug-likeness (QED) is 0.680. The van der Waals surface area contributed by atoms with Gasteiger partial charge in [0.15, 0.2) is 11.5 Å². The van der Waals surface area contributed by atoms with E-state index >= 15 is 0 Å². The lowest BCUT2D eigenvalue weighted by Gasteiger charge is -2.16. The molecule has 0 saturated heterocycles. The Morgan fingerprint density at radius 3 is 2.60 bits per heavy atom. The fourth-order valence-electron chi connectivity index (χ4n) is 2.21. The number of hydrogen-bond acceptors (Lipinski definition) is 4. The SMILES string of the molecule is CCOc1cc(CNCC(=O)O)cc(Cl)c1OCc1ccccc1Cl. The van der Waals surface area contributed by atoms with Crippen molar-refractivity contribution in [3.05, 3.63) is 57.6 Å². The van der Waals surface area contributed by atoms with Gasteiger partial charge in [-0.05, 0) is 30.7 Å². The Kier molecular flexibility index (Phi) is 7.37. The Hall–Kier alpha value is -1.95. The molecule has 0 aromatic heterocycles. The van der Waals surface area contributed by atoms with Gasteiger partial charge in [-0.2, -0.15) is 0 Å². The molecular formula is C18H19Cl2NO4. The molecule has 0 aliphatic rings. The molecule has 2 rings (SSSR count). The predicted molar refractivity (Wildman–Crippen MR) is 97.7 cm³/mol. The molecule has 2 aromatic carbocycles. The Balaban J connectivity index is 2.15. The van der Waals surface area contributed by atoms with Crippen LogP contribution in [0.1, 0.15) is 18.1 Å². The largest absolute Gasteiger partial charge is 0.490 e. The summed E-state index contributed by atoms with van der Waals surface area (Å²) < 4.78 is 11.4. The second-order valence-electron chi connectivity index (χ2n) is 5.22. The zero-order valence-electron chi connectivity index (χ0n) is 13.7. The summed E-state index contributed by atoms with van der Waals surface area (Å²) in [7, 11) is 0. The van der Waals surface area contributed by atoms with Gasteiger partial charge in [-0.3, -0.25) is 4.79 Å². The topological polar surface area (TPSA) is 67.8 Å². The van der Waals surface area contributed by atoms with Crippen LogP contribution in [-0.4, -0.2) is 24.2 Å². The lowest BCUT2D eigenvalue weighted by Crippen LogP contribution is -2.21. The van der Waals surface area contributed by atoms with Gasteiger partial charge in [0, 0.05) is 17.1 Å². The molecule has 0 saturated carbocycles. The van der Waals surface area contributed by atoms with E-state index in [1.807, 2.05) is 25.1 Å². The first-order valence-electron chi connectivity index (χ1n) is 7.75. The van der Waals surface area contributed by atoms with E-state index in [1.165, 1.54) is 0 Å². The van der Waals surface area contributed by atoms with E-state index in [9.17, 15) is 4.79 Å². The second kappa shape index (κ2) is 9.51. The van der Waals surface area contributed by atoms with Crippen molar-refractivity contribution in [3.63, 3.8) is 0 Å². The zero-order chi connectivity index (χ0) is 18.2. The normalized spacial score (nSPS) is 10.5. The van der Waals surface area contributed by atoms with Gasteiger partial charge in [0.1, 0.15) is 6.61 Å². The number of carboxylic acids is 1. The summed E-state index contributed by atoms with van der Waals surface area (Å²) in [5.74, 6) is 0.0235. The number of nitrogens with one attached hydrogen (secondary N) is 1. The van der Waals surface area contributed by atoms with Gasteiger partial charge in [0.25, 0.3) is 0 Å². The Morgan fingerprint density at radius 2 is 1.92 bits per heavy atom. The molecule has 7 heteroatoms. The monoisotopic (exact) mass is 383 g/mol. The lowest BCUT2D eigenvalue weighted by molar-refractivity contribution is -0.135. The van der Waals surface area contributed by atoms with Crippen LogP contribution < -0.4 is 14.8 Å². The number of ether oxygens (including phenoxy) is 2. The number of benzene rings is 2. The van der Waals surface area contributed by atoms with Crippen LogP contribution in [0.25, 0.3) is 0 Å². The van der Waals surface area contributed by atoms with E-state index in [0.29, 0.717) is 34.7 Å². The Morgan fingerprint density at radius 1 is 1.16 bits per heavy atom. The minimum Gasteiger partial charge on any atom is -0.490 e. The summed E-state index contributed by atoms with van der Waals surface area (Å²) in [6.07, 6.45) is 0. The van der Waals surface area contributed by atoms with Crippen LogP contribution in [0.3, 0.4) is 0 Å². The second-order valence-corrected chi connectivity index (χ2v) is 6.03. The third kappa shape index (κ3) is 5.81. The number of aliphatic carboxylic acids is 1. The number of rotatable bonds is 9.